The van der Waals surface area contributed by atoms with Gasteiger partial charge in [-0.3, -0.25) is 0 Å². The first kappa shape index (κ1) is 14.5. The van der Waals surface area contributed by atoms with Crippen LogP contribution < -0.4 is 5.32 Å². The van der Waals surface area contributed by atoms with Gasteiger partial charge in [-0.05, 0) is 41.5 Å². The number of rotatable bonds is 6. The fraction of sp³-hybridized carbons (Fsp3) is 0.647. The molecule has 1 unspecified atom stereocenters. The summed E-state index contributed by atoms with van der Waals surface area (Å²) < 4.78 is 5.52. The van der Waals surface area contributed by atoms with Gasteiger partial charge in [0, 0.05) is 6.04 Å². The molecule has 1 aromatic carbocycles. The Balaban J connectivity index is 2.27. The Kier molecular flexibility index (Phi) is 4.64. The molecule has 1 aliphatic rings. The molecule has 0 saturated heterocycles. The van der Waals surface area contributed by atoms with Gasteiger partial charge in [-0.1, -0.05) is 45.9 Å². The van der Waals surface area contributed by atoms with Crippen LogP contribution in [-0.4, -0.2) is 6.54 Å². The lowest BCUT2D eigenvalue weighted by atomic mass is 9.78. The minimum atomic E-state index is 0.267. The Bertz CT molecular complexity index is 425. The average molecular weight is 261 g/mol. The highest BCUT2D eigenvalue weighted by molar-refractivity contribution is 5.35. The molecule has 1 aromatic rings. The number of nitrogens with one attached hydrogen (secondary N) is 1. The molecular weight excluding hydrogens is 234 g/mol. The van der Waals surface area contributed by atoms with Crippen molar-refractivity contribution < 1.29 is 4.74 Å². The first-order valence-corrected chi connectivity index (χ1v) is 7.51. The van der Waals surface area contributed by atoms with Gasteiger partial charge in [-0.25, -0.2) is 0 Å². The summed E-state index contributed by atoms with van der Waals surface area (Å²) in [5.41, 5.74) is 4.40. The molecule has 0 saturated carbocycles. The lowest BCUT2D eigenvalue weighted by molar-refractivity contribution is 0.134. The van der Waals surface area contributed by atoms with Crippen molar-refractivity contribution in [2.75, 3.05) is 6.54 Å². The molecule has 0 amide bonds. The van der Waals surface area contributed by atoms with E-state index in [0.29, 0.717) is 6.04 Å². The van der Waals surface area contributed by atoms with Crippen LogP contribution in [0.15, 0.2) is 18.2 Å². The molecule has 1 N–H and O–H groups in total. The predicted molar refractivity (Wildman–Crippen MR) is 80.0 cm³/mol. The van der Waals surface area contributed by atoms with E-state index >= 15 is 0 Å². The summed E-state index contributed by atoms with van der Waals surface area (Å²) in [6.45, 7) is 11.8. The van der Waals surface area contributed by atoms with E-state index in [1.54, 1.807) is 0 Å². The molecule has 2 rings (SSSR count). The van der Waals surface area contributed by atoms with Crippen LogP contribution in [0.25, 0.3) is 0 Å². The summed E-state index contributed by atoms with van der Waals surface area (Å²) in [6.07, 6.45) is 2.34. The molecule has 0 fully saturated rings. The minimum absolute atomic E-state index is 0.267. The minimum Gasteiger partial charge on any atom is -0.372 e. The molecule has 19 heavy (non-hydrogen) atoms. The zero-order valence-corrected chi connectivity index (χ0v) is 12.8. The van der Waals surface area contributed by atoms with E-state index in [9.17, 15) is 0 Å². The second-order valence-corrected chi connectivity index (χ2v) is 6.25. The molecule has 0 radical (unpaired) electrons. The van der Waals surface area contributed by atoms with E-state index in [1.165, 1.54) is 29.5 Å². The molecule has 2 heteroatoms. The molecular formula is C17H27NO. The summed E-state index contributed by atoms with van der Waals surface area (Å²) in [4.78, 5) is 0. The SMILES string of the molecule is CCCNC(c1ccc2c(c1)COC2)C(C)(C)CC. The topological polar surface area (TPSA) is 21.3 Å². The standard InChI is InChI=1S/C17H27NO/c1-5-9-18-16(17(3,4)6-2)13-7-8-14-11-19-12-15(14)10-13/h7-8,10,16,18H,5-6,9,11-12H2,1-4H3. The molecule has 1 aliphatic heterocycles. The van der Waals surface area contributed by atoms with Gasteiger partial charge in [0.2, 0.25) is 0 Å². The van der Waals surface area contributed by atoms with Crippen LogP contribution in [0.1, 0.15) is 63.3 Å². The van der Waals surface area contributed by atoms with Gasteiger partial charge in [-0.2, -0.15) is 0 Å². The molecule has 0 spiro atoms. The van der Waals surface area contributed by atoms with E-state index in [4.69, 9.17) is 4.74 Å². The Morgan fingerprint density at radius 1 is 1.21 bits per heavy atom. The number of fused-ring (bicyclic) bond motifs is 1. The second kappa shape index (κ2) is 6.06. The maximum Gasteiger partial charge on any atom is 0.0725 e. The highest BCUT2D eigenvalue weighted by Crippen LogP contribution is 2.37. The zero-order chi connectivity index (χ0) is 13.9. The van der Waals surface area contributed by atoms with Crippen molar-refractivity contribution in [3.63, 3.8) is 0 Å². The average Bonchev–Trinajstić information content (AvgIpc) is 2.86. The molecule has 1 atom stereocenters. The summed E-state index contributed by atoms with van der Waals surface area (Å²) in [6, 6.07) is 7.28. The van der Waals surface area contributed by atoms with Crippen molar-refractivity contribution in [3.8, 4) is 0 Å². The van der Waals surface area contributed by atoms with Crippen LogP contribution in [0, 0.1) is 5.41 Å². The van der Waals surface area contributed by atoms with Gasteiger partial charge in [0.15, 0.2) is 0 Å². The Labute approximate surface area is 117 Å². The fourth-order valence-electron chi connectivity index (χ4n) is 2.71. The summed E-state index contributed by atoms with van der Waals surface area (Å²) in [5.74, 6) is 0. The Morgan fingerprint density at radius 3 is 2.63 bits per heavy atom. The number of hydrogen-bond donors (Lipinski definition) is 1. The van der Waals surface area contributed by atoms with Crippen LogP contribution >= 0.6 is 0 Å². The summed E-state index contributed by atoms with van der Waals surface area (Å²) >= 11 is 0. The quantitative estimate of drug-likeness (QED) is 0.829. The number of benzene rings is 1. The maximum absolute atomic E-state index is 5.52. The van der Waals surface area contributed by atoms with E-state index in [1.807, 2.05) is 0 Å². The van der Waals surface area contributed by atoms with E-state index in [-0.39, 0.29) is 5.41 Å². The zero-order valence-electron chi connectivity index (χ0n) is 12.8. The number of hydrogen-bond acceptors (Lipinski definition) is 2. The lowest BCUT2D eigenvalue weighted by Crippen LogP contribution is -2.34. The fourth-order valence-corrected chi connectivity index (χ4v) is 2.71. The van der Waals surface area contributed by atoms with Crippen LogP contribution in [0.4, 0.5) is 0 Å². The lowest BCUT2D eigenvalue weighted by Gasteiger charge is -2.35. The Hall–Kier alpha value is -0.860. The van der Waals surface area contributed by atoms with Crippen molar-refractivity contribution in [2.24, 2.45) is 5.41 Å². The summed E-state index contributed by atoms with van der Waals surface area (Å²) in [7, 11) is 0. The first-order chi connectivity index (χ1) is 9.08. The van der Waals surface area contributed by atoms with Crippen molar-refractivity contribution in [1.29, 1.82) is 0 Å². The largest absolute Gasteiger partial charge is 0.372 e. The maximum atomic E-state index is 5.52. The molecule has 106 valence electrons. The van der Waals surface area contributed by atoms with Crippen molar-refractivity contribution in [2.45, 2.75) is 59.8 Å². The second-order valence-electron chi connectivity index (χ2n) is 6.25. The molecule has 1 heterocycles. The number of ether oxygens (including phenoxy) is 1. The molecule has 2 nitrogen and oxygen atoms in total. The highest BCUT2D eigenvalue weighted by Gasteiger charge is 2.29. The van der Waals surface area contributed by atoms with Crippen LogP contribution in [0.5, 0.6) is 0 Å². The third-order valence-electron chi connectivity index (χ3n) is 4.37. The molecule has 0 bridgehead atoms. The predicted octanol–water partition coefficient (Wildman–Crippen LogP) is 4.19. The van der Waals surface area contributed by atoms with Crippen LogP contribution in [-0.2, 0) is 18.0 Å². The highest BCUT2D eigenvalue weighted by atomic mass is 16.5. The van der Waals surface area contributed by atoms with Crippen molar-refractivity contribution in [1.82, 2.24) is 5.32 Å². The van der Waals surface area contributed by atoms with Gasteiger partial charge in [0.25, 0.3) is 0 Å². The molecule has 0 aromatic heterocycles. The monoisotopic (exact) mass is 261 g/mol. The Morgan fingerprint density at radius 2 is 1.95 bits per heavy atom. The van der Waals surface area contributed by atoms with Gasteiger partial charge in [-0.15, -0.1) is 0 Å². The van der Waals surface area contributed by atoms with Crippen molar-refractivity contribution in [3.05, 3.63) is 34.9 Å². The third-order valence-corrected chi connectivity index (χ3v) is 4.37. The van der Waals surface area contributed by atoms with Gasteiger partial charge < -0.3 is 10.1 Å². The van der Waals surface area contributed by atoms with E-state index < -0.39 is 0 Å². The van der Waals surface area contributed by atoms with Crippen LogP contribution in [0.3, 0.4) is 0 Å². The van der Waals surface area contributed by atoms with Gasteiger partial charge >= 0.3 is 0 Å². The smallest absolute Gasteiger partial charge is 0.0725 e. The third kappa shape index (κ3) is 3.18. The normalized spacial score (nSPS) is 16.4. The van der Waals surface area contributed by atoms with Gasteiger partial charge in [0.05, 0.1) is 13.2 Å². The molecule has 0 aliphatic carbocycles. The first-order valence-electron chi connectivity index (χ1n) is 7.51. The van der Waals surface area contributed by atoms with Gasteiger partial charge in [0.1, 0.15) is 0 Å². The van der Waals surface area contributed by atoms with E-state index in [0.717, 1.165) is 19.8 Å². The van der Waals surface area contributed by atoms with Crippen LogP contribution in [0.2, 0.25) is 0 Å². The van der Waals surface area contributed by atoms with Crippen molar-refractivity contribution >= 4 is 0 Å². The van der Waals surface area contributed by atoms with E-state index in [2.05, 4.69) is 51.2 Å². The summed E-state index contributed by atoms with van der Waals surface area (Å²) in [5, 5.41) is 3.73.